The number of nitrogens with one attached hydrogen (secondary N) is 1. The summed E-state index contributed by atoms with van der Waals surface area (Å²) < 4.78 is 26.5. The molecule has 0 aromatic heterocycles. The number of benzene rings is 1. The third-order valence-electron chi connectivity index (χ3n) is 6.26. The third kappa shape index (κ3) is 3.70. The second-order valence-corrected chi connectivity index (χ2v) is 8.15. The molecule has 1 N–H and O–H groups in total. The number of amides is 2. The number of hydrogen-bond acceptors (Lipinski definition) is 3. The molecular formula is C20H25F2N3O2. The van der Waals surface area contributed by atoms with Gasteiger partial charge >= 0.3 is 0 Å². The minimum absolute atomic E-state index is 0.0471. The Morgan fingerprint density at radius 1 is 1.22 bits per heavy atom. The van der Waals surface area contributed by atoms with Crippen LogP contribution in [0.2, 0.25) is 0 Å². The number of halogens is 2. The first-order valence-electron chi connectivity index (χ1n) is 9.70. The Balaban J connectivity index is 1.36. The normalized spacial score (nSPS) is 24.8. The quantitative estimate of drug-likeness (QED) is 0.877. The fourth-order valence-electron chi connectivity index (χ4n) is 4.64. The van der Waals surface area contributed by atoms with Crippen molar-refractivity contribution in [2.75, 3.05) is 26.2 Å². The number of hydrogen-bond donors (Lipinski definition) is 1. The minimum Gasteiger partial charge on any atom is -0.341 e. The van der Waals surface area contributed by atoms with Gasteiger partial charge in [0.15, 0.2) is 11.6 Å². The maximum absolute atomic E-state index is 13.4. The molecule has 7 heteroatoms. The lowest BCUT2D eigenvalue weighted by atomic mass is 9.77. The highest BCUT2D eigenvalue weighted by Crippen LogP contribution is 2.41. The average molecular weight is 377 g/mol. The van der Waals surface area contributed by atoms with E-state index < -0.39 is 11.6 Å². The molecule has 4 rings (SSSR count). The molecule has 146 valence electrons. The Hall–Kier alpha value is -2.02. The van der Waals surface area contributed by atoms with Crippen molar-refractivity contribution in [3.8, 4) is 0 Å². The summed E-state index contributed by atoms with van der Waals surface area (Å²) in [7, 11) is 0. The molecule has 0 radical (unpaired) electrons. The van der Waals surface area contributed by atoms with Gasteiger partial charge < -0.3 is 15.1 Å². The molecular weight excluding hydrogens is 352 g/mol. The predicted molar refractivity (Wildman–Crippen MR) is 95.7 cm³/mol. The van der Waals surface area contributed by atoms with E-state index in [9.17, 15) is 18.4 Å². The Kier molecular flexibility index (Phi) is 4.88. The standard InChI is InChI=1S/C20H25F2N3O2/c21-15-4-3-14(10-16(15)22)12-25-13-20(11-18(25)26)5-8-24(9-6-20)19(27)17-2-1-7-23-17/h3-4,10,17,23H,1-2,5-9,11-13H2/t17-/m0/s1. The van der Waals surface area contributed by atoms with Crippen LogP contribution in [0, 0.1) is 17.0 Å². The van der Waals surface area contributed by atoms with Crippen LogP contribution in [-0.2, 0) is 16.1 Å². The number of nitrogens with zero attached hydrogens (tertiary/aromatic N) is 2. The van der Waals surface area contributed by atoms with Crippen molar-refractivity contribution in [1.82, 2.24) is 15.1 Å². The summed E-state index contributed by atoms with van der Waals surface area (Å²) in [6, 6.07) is 3.73. The van der Waals surface area contributed by atoms with Crippen LogP contribution in [0.15, 0.2) is 18.2 Å². The van der Waals surface area contributed by atoms with E-state index in [1.54, 1.807) is 4.90 Å². The van der Waals surface area contributed by atoms with Crippen LogP contribution in [0.1, 0.15) is 37.7 Å². The molecule has 3 fully saturated rings. The zero-order valence-corrected chi connectivity index (χ0v) is 15.3. The van der Waals surface area contributed by atoms with E-state index in [1.807, 2.05) is 4.90 Å². The highest BCUT2D eigenvalue weighted by Gasteiger charge is 2.45. The smallest absolute Gasteiger partial charge is 0.239 e. The Morgan fingerprint density at radius 2 is 2.00 bits per heavy atom. The van der Waals surface area contributed by atoms with E-state index in [1.165, 1.54) is 6.07 Å². The largest absolute Gasteiger partial charge is 0.341 e. The highest BCUT2D eigenvalue weighted by atomic mass is 19.2. The molecule has 0 unspecified atom stereocenters. The minimum atomic E-state index is -0.888. The fraction of sp³-hybridized carbons (Fsp3) is 0.600. The fourth-order valence-corrected chi connectivity index (χ4v) is 4.64. The molecule has 5 nitrogen and oxygen atoms in total. The number of rotatable bonds is 3. The van der Waals surface area contributed by atoms with E-state index in [0.717, 1.165) is 44.4 Å². The molecule has 0 bridgehead atoms. The summed E-state index contributed by atoms with van der Waals surface area (Å²) >= 11 is 0. The second-order valence-electron chi connectivity index (χ2n) is 8.15. The lowest BCUT2D eigenvalue weighted by Crippen LogP contribution is -2.49. The zero-order chi connectivity index (χ0) is 19.0. The first-order valence-corrected chi connectivity index (χ1v) is 9.70. The second kappa shape index (κ2) is 7.19. The predicted octanol–water partition coefficient (Wildman–Crippen LogP) is 2.06. The van der Waals surface area contributed by atoms with E-state index in [4.69, 9.17) is 0 Å². The van der Waals surface area contributed by atoms with Crippen molar-refractivity contribution in [1.29, 1.82) is 0 Å². The van der Waals surface area contributed by atoms with Crippen LogP contribution in [0.25, 0.3) is 0 Å². The molecule has 3 aliphatic rings. The molecule has 1 spiro atoms. The van der Waals surface area contributed by atoms with Crippen LogP contribution < -0.4 is 5.32 Å². The number of carbonyl (C=O) groups excluding carboxylic acids is 2. The van der Waals surface area contributed by atoms with Crippen molar-refractivity contribution in [3.05, 3.63) is 35.4 Å². The van der Waals surface area contributed by atoms with E-state index in [-0.39, 0.29) is 23.3 Å². The molecule has 1 aromatic carbocycles. The van der Waals surface area contributed by atoms with Gasteiger partial charge in [-0.2, -0.15) is 0 Å². The van der Waals surface area contributed by atoms with Gasteiger partial charge in [0.2, 0.25) is 11.8 Å². The summed E-state index contributed by atoms with van der Waals surface area (Å²) in [4.78, 5) is 28.7. The van der Waals surface area contributed by atoms with Gasteiger partial charge in [0, 0.05) is 38.0 Å². The van der Waals surface area contributed by atoms with Crippen molar-refractivity contribution in [3.63, 3.8) is 0 Å². The average Bonchev–Trinajstić information content (AvgIpc) is 3.28. The van der Waals surface area contributed by atoms with Crippen LogP contribution in [0.5, 0.6) is 0 Å². The first kappa shape index (κ1) is 18.3. The van der Waals surface area contributed by atoms with Crippen molar-refractivity contribution < 1.29 is 18.4 Å². The summed E-state index contributed by atoms with van der Waals surface area (Å²) in [5, 5.41) is 3.25. The summed E-state index contributed by atoms with van der Waals surface area (Å²) in [5.41, 5.74) is 0.495. The number of likely N-dealkylation sites (tertiary alicyclic amines) is 2. The van der Waals surface area contributed by atoms with Crippen molar-refractivity contribution >= 4 is 11.8 Å². The topological polar surface area (TPSA) is 52.7 Å². The van der Waals surface area contributed by atoms with E-state index >= 15 is 0 Å². The van der Waals surface area contributed by atoms with Gasteiger partial charge in [-0.1, -0.05) is 6.07 Å². The lowest BCUT2D eigenvalue weighted by Gasteiger charge is -2.39. The van der Waals surface area contributed by atoms with Gasteiger partial charge in [-0.05, 0) is 49.9 Å². The molecule has 1 atom stereocenters. The van der Waals surface area contributed by atoms with Gasteiger partial charge in [-0.3, -0.25) is 9.59 Å². The van der Waals surface area contributed by atoms with Gasteiger partial charge in [0.05, 0.1) is 6.04 Å². The SMILES string of the molecule is O=C1CC2(CCN(C(=O)[C@@H]3CCCN3)CC2)CN1Cc1ccc(F)c(F)c1. The van der Waals surface area contributed by atoms with Crippen LogP contribution in [-0.4, -0.2) is 53.8 Å². The van der Waals surface area contributed by atoms with Gasteiger partial charge in [0.1, 0.15) is 0 Å². The van der Waals surface area contributed by atoms with Crippen LogP contribution in [0.3, 0.4) is 0 Å². The van der Waals surface area contributed by atoms with Gasteiger partial charge in [-0.15, -0.1) is 0 Å². The molecule has 0 aliphatic carbocycles. The Bertz CT molecular complexity index is 741. The molecule has 3 saturated heterocycles. The number of carbonyl (C=O) groups is 2. The zero-order valence-electron chi connectivity index (χ0n) is 15.3. The monoisotopic (exact) mass is 377 g/mol. The summed E-state index contributed by atoms with van der Waals surface area (Å²) in [5.74, 6) is -1.53. The maximum atomic E-state index is 13.4. The van der Waals surface area contributed by atoms with E-state index in [0.29, 0.717) is 38.2 Å². The molecule has 3 heterocycles. The molecule has 27 heavy (non-hydrogen) atoms. The van der Waals surface area contributed by atoms with Gasteiger partial charge in [0.25, 0.3) is 0 Å². The van der Waals surface area contributed by atoms with Gasteiger partial charge in [-0.25, -0.2) is 8.78 Å². The third-order valence-corrected chi connectivity index (χ3v) is 6.26. The molecule has 3 aliphatic heterocycles. The molecule has 1 aromatic rings. The Morgan fingerprint density at radius 3 is 2.67 bits per heavy atom. The number of piperidine rings is 1. The summed E-state index contributed by atoms with van der Waals surface area (Å²) in [6.07, 6.45) is 4.04. The van der Waals surface area contributed by atoms with Crippen LogP contribution >= 0.6 is 0 Å². The van der Waals surface area contributed by atoms with E-state index in [2.05, 4.69) is 5.32 Å². The first-order chi connectivity index (χ1) is 13.0. The van der Waals surface area contributed by atoms with Crippen LogP contribution in [0.4, 0.5) is 8.78 Å². The lowest BCUT2D eigenvalue weighted by molar-refractivity contribution is -0.135. The highest BCUT2D eigenvalue weighted by molar-refractivity contribution is 5.82. The van der Waals surface area contributed by atoms with Crippen molar-refractivity contribution in [2.24, 2.45) is 5.41 Å². The van der Waals surface area contributed by atoms with Crippen molar-refractivity contribution in [2.45, 2.75) is 44.7 Å². The Labute approximate surface area is 157 Å². The summed E-state index contributed by atoms with van der Waals surface area (Å²) in [6.45, 7) is 3.19. The molecule has 2 amide bonds. The maximum Gasteiger partial charge on any atom is 0.239 e. The molecule has 0 saturated carbocycles.